The molecule has 0 bridgehead atoms. The van der Waals surface area contributed by atoms with Crippen LogP contribution in [0.3, 0.4) is 0 Å². The summed E-state index contributed by atoms with van der Waals surface area (Å²) >= 11 is 0. The third kappa shape index (κ3) is 5.92. The minimum absolute atomic E-state index is 0.255. The summed E-state index contributed by atoms with van der Waals surface area (Å²) in [5.74, 6) is -0.575. The van der Waals surface area contributed by atoms with Crippen molar-refractivity contribution in [2.24, 2.45) is 0 Å². The van der Waals surface area contributed by atoms with Crippen LogP contribution in [0.4, 0.5) is 24.5 Å². The Morgan fingerprint density at radius 1 is 1.10 bits per heavy atom. The van der Waals surface area contributed by atoms with Crippen molar-refractivity contribution < 1.29 is 22.9 Å². The Labute approximate surface area is 165 Å². The van der Waals surface area contributed by atoms with Gasteiger partial charge in [-0.05, 0) is 42.9 Å². The molecule has 0 heterocycles. The van der Waals surface area contributed by atoms with E-state index in [-0.39, 0.29) is 5.69 Å². The molecule has 0 aromatic heterocycles. The van der Waals surface area contributed by atoms with E-state index >= 15 is 0 Å². The largest absolute Gasteiger partial charge is 0.416 e. The number of nitrogens with zero attached hydrogens (tertiary/aromatic N) is 2. The van der Waals surface area contributed by atoms with E-state index in [0.29, 0.717) is 17.7 Å². The van der Waals surface area contributed by atoms with Gasteiger partial charge in [0.1, 0.15) is 5.69 Å². The number of alkyl halides is 3. The molecule has 2 aromatic carbocycles. The number of anilines is 1. The molecule has 156 valence electrons. The number of benzene rings is 2. The molecule has 7 nitrogen and oxygen atoms in total. The lowest BCUT2D eigenvalue weighted by molar-refractivity contribution is -0.384. The molecule has 2 aromatic rings. The van der Waals surface area contributed by atoms with Gasteiger partial charge in [0.2, 0.25) is 0 Å². The Balaban J connectivity index is 2.08. The second kappa shape index (κ2) is 9.37. The third-order valence-corrected chi connectivity index (χ3v) is 4.35. The predicted molar refractivity (Wildman–Crippen MR) is 102 cm³/mol. The fraction of sp³-hybridized carbons (Fsp3) is 0.316. The smallest absolute Gasteiger partial charge is 0.300 e. The second-order valence-electron chi connectivity index (χ2n) is 6.22. The number of hydrogen-bond donors (Lipinski definition) is 2. The van der Waals surface area contributed by atoms with Crippen LogP contribution < -0.4 is 10.9 Å². The number of nitrogens with one attached hydrogen (secondary N) is 2. The van der Waals surface area contributed by atoms with Crippen molar-refractivity contribution in [2.75, 3.05) is 18.5 Å². The molecule has 1 amide bonds. The molecule has 0 aliphatic rings. The van der Waals surface area contributed by atoms with Crippen molar-refractivity contribution >= 4 is 17.3 Å². The standard InChI is InChI=1S/C19H21F3N4O3/c1-3-25(4-2)12-13-5-7-14(8-6-13)18(27)24-23-16-10-9-15(19(20,21)22)11-17(16)26(28)29/h5-11,23H,3-4,12H2,1-2H3,(H,24,27). The van der Waals surface area contributed by atoms with Crippen molar-refractivity contribution in [1.29, 1.82) is 0 Å². The van der Waals surface area contributed by atoms with Gasteiger partial charge >= 0.3 is 6.18 Å². The molecule has 0 saturated carbocycles. The van der Waals surface area contributed by atoms with Crippen molar-refractivity contribution in [3.05, 3.63) is 69.3 Å². The summed E-state index contributed by atoms with van der Waals surface area (Å²) in [4.78, 5) is 24.6. The van der Waals surface area contributed by atoms with Gasteiger partial charge in [-0.15, -0.1) is 0 Å². The Morgan fingerprint density at radius 3 is 2.24 bits per heavy atom. The highest BCUT2D eigenvalue weighted by atomic mass is 19.4. The Bertz CT molecular complexity index is 866. The van der Waals surface area contributed by atoms with E-state index in [1.165, 1.54) is 0 Å². The molecule has 0 fully saturated rings. The van der Waals surface area contributed by atoms with Crippen LogP contribution >= 0.6 is 0 Å². The number of rotatable bonds is 8. The van der Waals surface area contributed by atoms with E-state index in [9.17, 15) is 28.1 Å². The summed E-state index contributed by atoms with van der Waals surface area (Å²) in [6, 6.07) is 8.82. The van der Waals surface area contributed by atoms with Crippen molar-refractivity contribution in [1.82, 2.24) is 10.3 Å². The van der Waals surface area contributed by atoms with E-state index in [1.807, 2.05) is 0 Å². The number of hydrogen-bond acceptors (Lipinski definition) is 5. The number of nitro benzene ring substituents is 1. The van der Waals surface area contributed by atoms with Crippen molar-refractivity contribution in [2.45, 2.75) is 26.6 Å². The Morgan fingerprint density at radius 2 is 1.72 bits per heavy atom. The lowest BCUT2D eigenvalue weighted by Gasteiger charge is -2.18. The van der Waals surface area contributed by atoms with E-state index in [1.54, 1.807) is 24.3 Å². The summed E-state index contributed by atoms with van der Waals surface area (Å²) < 4.78 is 38.2. The maximum absolute atomic E-state index is 12.7. The Kier molecular flexibility index (Phi) is 7.16. The summed E-state index contributed by atoms with van der Waals surface area (Å²) in [7, 11) is 0. The van der Waals surface area contributed by atoms with E-state index < -0.39 is 28.3 Å². The van der Waals surface area contributed by atoms with Gasteiger partial charge in [-0.2, -0.15) is 13.2 Å². The third-order valence-electron chi connectivity index (χ3n) is 4.35. The molecule has 10 heteroatoms. The van der Waals surface area contributed by atoms with Gasteiger partial charge in [0, 0.05) is 18.2 Å². The molecule has 29 heavy (non-hydrogen) atoms. The molecule has 2 rings (SSSR count). The summed E-state index contributed by atoms with van der Waals surface area (Å²) in [5, 5.41) is 11.1. The molecule has 0 spiro atoms. The summed E-state index contributed by atoms with van der Waals surface area (Å²) in [6.45, 7) is 6.64. The highest BCUT2D eigenvalue weighted by Gasteiger charge is 2.33. The van der Waals surface area contributed by atoms with Crippen LogP contribution in [-0.4, -0.2) is 28.8 Å². The van der Waals surface area contributed by atoms with Gasteiger partial charge in [-0.3, -0.25) is 30.7 Å². The van der Waals surface area contributed by atoms with Crippen molar-refractivity contribution in [3.8, 4) is 0 Å². The number of carbonyl (C=O) groups is 1. The normalized spacial score (nSPS) is 11.4. The van der Waals surface area contributed by atoms with Gasteiger partial charge in [0.05, 0.1) is 10.5 Å². The molecule has 0 aliphatic heterocycles. The van der Waals surface area contributed by atoms with Gasteiger partial charge in [0.15, 0.2) is 0 Å². The molecular formula is C19H21F3N4O3. The fourth-order valence-electron chi connectivity index (χ4n) is 2.63. The molecule has 0 unspecified atom stereocenters. The minimum atomic E-state index is -4.71. The number of carbonyl (C=O) groups excluding carboxylic acids is 1. The number of halogens is 3. The van der Waals surface area contributed by atoms with Crippen LogP contribution in [0.2, 0.25) is 0 Å². The maximum Gasteiger partial charge on any atom is 0.416 e. The highest BCUT2D eigenvalue weighted by Crippen LogP contribution is 2.34. The second-order valence-corrected chi connectivity index (χ2v) is 6.22. The lowest BCUT2D eigenvalue weighted by atomic mass is 10.1. The quantitative estimate of drug-likeness (QED) is 0.503. The van der Waals surface area contributed by atoms with Crippen LogP contribution in [0.1, 0.15) is 35.3 Å². The number of nitro groups is 1. The number of hydrazine groups is 1. The molecular weight excluding hydrogens is 389 g/mol. The summed E-state index contributed by atoms with van der Waals surface area (Å²) in [6.07, 6.45) is -4.71. The Hall–Kier alpha value is -3.14. The topological polar surface area (TPSA) is 87.5 Å². The fourth-order valence-corrected chi connectivity index (χ4v) is 2.63. The molecule has 0 saturated heterocycles. The van der Waals surface area contributed by atoms with Gasteiger partial charge in [-0.1, -0.05) is 26.0 Å². The zero-order valence-corrected chi connectivity index (χ0v) is 15.9. The summed E-state index contributed by atoms with van der Waals surface area (Å²) in [5.41, 5.74) is 3.71. The van der Waals surface area contributed by atoms with Crippen molar-refractivity contribution in [3.63, 3.8) is 0 Å². The van der Waals surface area contributed by atoms with E-state index in [2.05, 4.69) is 29.6 Å². The molecule has 0 atom stereocenters. The lowest BCUT2D eigenvalue weighted by Crippen LogP contribution is -2.29. The average Bonchev–Trinajstić information content (AvgIpc) is 2.69. The SMILES string of the molecule is CCN(CC)Cc1ccc(C(=O)NNc2ccc(C(F)(F)F)cc2[N+](=O)[O-])cc1. The molecule has 0 radical (unpaired) electrons. The van der Waals surface area contributed by atoms with Crippen LogP contribution in [0.5, 0.6) is 0 Å². The average molecular weight is 410 g/mol. The van der Waals surface area contributed by atoms with Gasteiger partial charge in [-0.25, -0.2) is 0 Å². The minimum Gasteiger partial charge on any atom is -0.300 e. The zero-order valence-electron chi connectivity index (χ0n) is 15.9. The first-order chi connectivity index (χ1) is 13.7. The zero-order chi connectivity index (χ0) is 21.6. The van der Waals surface area contributed by atoms with E-state index in [0.717, 1.165) is 31.3 Å². The van der Waals surface area contributed by atoms with Gasteiger partial charge < -0.3 is 0 Å². The highest BCUT2D eigenvalue weighted by molar-refractivity contribution is 5.95. The first kappa shape index (κ1) is 22.2. The van der Waals surface area contributed by atoms with Crippen LogP contribution in [0, 0.1) is 10.1 Å². The van der Waals surface area contributed by atoms with Crippen LogP contribution in [-0.2, 0) is 12.7 Å². The maximum atomic E-state index is 12.7. The number of amides is 1. The molecule has 0 aliphatic carbocycles. The van der Waals surface area contributed by atoms with E-state index in [4.69, 9.17) is 0 Å². The first-order valence-electron chi connectivity index (χ1n) is 8.89. The first-order valence-corrected chi connectivity index (χ1v) is 8.89. The van der Waals surface area contributed by atoms with Crippen LogP contribution in [0.25, 0.3) is 0 Å². The predicted octanol–water partition coefficient (Wildman–Crippen LogP) is 4.21. The molecule has 2 N–H and O–H groups in total. The van der Waals surface area contributed by atoms with Crippen LogP contribution in [0.15, 0.2) is 42.5 Å². The monoisotopic (exact) mass is 410 g/mol. The van der Waals surface area contributed by atoms with Gasteiger partial charge in [0.25, 0.3) is 11.6 Å².